The third-order valence-corrected chi connectivity index (χ3v) is 6.04. The number of amides is 1. The van der Waals surface area contributed by atoms with E-state index in [1.165, 1.54) is 12.8 Å². The Morgan fingerprint density at radius 2 is 1.93 bits per heavy atom. The van der Waals surface area contributed by atoms with E-state index in [4.69, 9.17) is 11.6 Å². The fourth-order valence-electron chi connectivity index (χ4n) is 4.28. The lowest BCUT2D eigenvalue weighted by molar-refractivity contribution is -0.131. The lowest BCUT2D eigenvalue weighted by Crippen LogP contribution is -2.52. The molecule has 140 valence electrons. The molecule has 2 aromatic carbocycles. The Kier molecular flexibility index (Phi) is 4.12. The van der Waals surface area contributed by atoms with Crippen molar-refractivity contribution >= 4 is 23.2 Å². The van der Waals surface area contributed by atoms with Gasteiger partial charge in [-0.2, -0.15) is 5.26 Å². The maximum Gasteiger partial charge on any atom is 0.264 e. The third kappa shape index (κ3) is 2.95. The van der Waals surface area contributed by atoms with Gasteiger partial charge in [0.05, 0.1) is 11.6 Å². The number of nitriles is 1. The minimum Gasteiger partial charge on any atom is -0.363 e. The standard InChI is InChI=1S/C22H19ClN4O/c23-17-8-6-14(7-9-17)20-21(15-4-5-15)26-27-19(28)11-18(25-22(20)27)16-3-1-2-13(10-16)12-24/h1-3,6-11,15,20-22,25-26H,4-5H2. The molecule has 3 unspecified atom stereocenters. The van der Waals surface area contributed by atoms with E-state index in [2.05, 4.69) is 16.8 Å². The molecule has 1 aliphatic carbocycles. The highest BCUT2D eigenvalue weighted by molar-refractivity contribution is 6.30. The van der Waals surface area contributed by atoms with Crippen molar-refractivity contribution in [1.29, 1.82) is 5.26 Å². The Hall–Kier alpha value is -2.81. The number of rotatable bonds is 3. The van der Waals surface area contributed by atoms with E-state index in [1.54, 1.807) is 23.2 Å². The summed E-state index contributed by atoms with van der Waals surface area (Å²) < 4.78 is 0. The Morgan fingerprint density at radius 1 is 1.14 bits per heavy atom. The van der Waals surface area contributed by atoms with Crippen molar-refractivity contribution in [1.82, 2.24) is 15.8 Å². The molecule has 0 aromatic heterocycles. The summed E-state index contributed by atoms with van der Waals surface area (Å²) in [6.07, 6.45) is 3.78. The third-order valence-electron chi connectivity index (χ3n) is 5.79. The summed E-state index contributed by atoms with van der Waals surface area (Å²) in [5.74, 6) is 0.631. The van der Waals surface area contributed by atoms with Gasteiger partial charge in [0.2, 0.25) is 0 Å². The fourth-order valence-corrected chi connectivity index (χ4v) is 4.40. The predicted octanol–water partition coefficient (Wildman–Crippen LogP) is 3.39. The van der Waals surface area contributed by atoms with Crippen LogP contribution >= 0.6 is 11.6 Å². The van der Waals surface area contributed by atoms with Crippen LogP contribution < -0.4 is 10.7 Å². The van der Waals surface area contributed by atoms with E-state index in [0.29, 0.717) is 16.5 Å². The zero-order valence-electron chi connectivity index (χ0n) is 15.1. The van der Waals surface area contributed by atoms with Gasteiger partial charge in [-0.1, -0.05) is 35.9 Å². The van der Waals surface area contributed by atoms with Crippen molar-refractivity contribution in [3.63, 3.8) is 0 Å². The highest BCUT2D eigenvalue weighted by Crippen LogP contribution is 2.45. The van der Waals surface area contributed by atoms with Crippen LogP contribution in [0.2, 0.25) is 5.02 Å². The van der Waals surface area contributed by atoms with Gasteiger partial charge >= 0.3 is 0 Å². The van der Waals surface area contributed by atoms with E-state index in [-0.39, 0.29) is 24.0 Å². The quantitative estimate of drug-likeness (QED) is 0.842. The van der Waals surface area contributed by atoms with Crippen molar-refractivity contribution in [2.45, 2.75) is 31.0 Å². The van der Waals surface area contributed by atoms with Crippen LogP contribution in [-0.4, -0.2) is 23.1 Å². The summed E-state index contributed by atoms with van der Waals surface area (Å²) in [7, 11) is 0. The van der Waals surface area contributed by atoms with Crippen LogP contribution in [0.5, 0.6) is 0 Å². The number of carbonyl (C=O) groups excluding carboxylic acids is 1. The maximum absolute atomic E-state index is 12.9. The first-order valence-corrected chi connectivity index (χ1v) is 9.85. The Balaban J connectivity index is 1.52. The number of fused-ring (bicyclic) bond motifs is 1. The SMILES string of the molecule is N#Cc1cccc(C2=CC(=O)N3NC(C4CC4)C(c4ccc(Cl)cc4)C3N2)c1. The summed E-state index contributed by atoms with van der Waals surface area (Å²) in [4.78, 5) is 12.9. The molecular weight excluding hydrogens is 372 g/mol. The molecule has 2 aromatic rings. The number of nitrogens with one attached hydrogen (secondary N) is 2. The molecule has 0 bridgehead atoms. The lowest BCUT2D eigenvalue weighted by Gasteiger charge is -2.33. The van der Waals surface area contributed by atoms with E-state index in [0.717, 1.165) is 16.8 Å². The van der Waals surface area contributed by atoms with Gasteiger partial charge in [-0.15, -0.1) is 0 Å². The van der Waals surface area contributed by atoms with Crippen LogP contribution in [0, 0.1) is 17.2 Å². The van der Waals surface area contributed by atoms with Crippen LogP contribution in [0.1, 0.15) is 35.4 Å². The molecule has 1 saturated carbocycles. The molecule has 2 fully saturated rings. The minimum absolute atomic E-state index is 0.0665. The number of hydrazine groups is 1. The van der Waals surface area contributed by atoms with Crippen LogP contribution in [0.15, 0.2) is 54.6 Å². The molecule has 5 nitrogen and oxygen atoms in total. The highest BCUT2D eigenvalue weighted by Gasteiger charge is 2.51. The van der Waals surface area contributed by atoms with Crippen molar-refractivity contribution < 1.29 is 4.79 Å². The molecule has 6 heteroatoms. The van der Waals surface area contributed by atoms with E-state index in [1.807, 2.05) is 36.4 Å². The van der Waals surface area contributed by atoms with Gasteiger partial charge in [-0.05, 0) is 54.2 Å². The normalized spacial score (nSPS) is 26.3. The highest BCUT2D eigenvalue weighted by atomic mass is 35.5. The second kappa shape index (κ2) is 6.66. The predicted molar refractivity (Wildman–Crippen MR) is 107 cm³/mol. The second-order valence-electron chi connectivity index (χ2n) is 7.62. The smallest absolute Gasteiger partial charge is 0.264 e. The van der Waals surface area contributed by atoms with E-state index >= 15 is 0 Å². The maximum atomic E-state index is 12.9. The van der Waals surface area contributed by atoms with Crippen LogP contribution in [-0.2, 0) is 4.79 Å². The number of nitrogens with zero attached hydrogens (tertiary/aromatic N) is 2. The molecule has 1 saturated heterocycles. The summed E-state index contributed by atoms with van der Waals surface area (Å²) in [6.45, 7) is 0. The van der Waals surface area contributed by atoms with Gasteiger partial charge in [-0.3, -0.25) is 9.80 Å². The molecule has 0 spiro atoms. The molecule has 2 heterocycles. The fraction of sp³-hybridized carbons (Fsp3) is 0.273. The van der Waals surface area contributed by atoms with Crippen LogP contribution in [0.3, 0.4) is 0 Å². The second-order valence-corrected chi connectivity index (χ2v) is 8.05. The van der Waals surface area contributed by atoms with Gasteiger partial charge in [0.25, 0.3) is 5.91 Å². The topological polar surface area (TPSA) is 68.2 Å². The van der Waals surface area contributed by atoms with Gasteiger partial charge in [0.1, 0.15) is 6.17 Å². The van der Waals surface area contributed by atoms with Gasteiger partial charge in [0.15, 0.2) is 0 Å². The van der Waals surface area contributed by atoms with Crippen LogP contribution in [0.25, 0.3) is 5.70 Å². The zero-order chi connectivity index (χ0) is 19.3. The van der Waals surface area contributed by atoms with Gasteiger partial charge < -0.3 is 5.32 Å². The number of hydrogen-bond donors (Lipinski definition) is 2. The largest absolute Gasteiger partial charge is 0.363 e. The molecular formula is C22H19ClN4O. The minimum atomic E-state index is -0.190. The molecule has 1 amide bonds. The van der Waals surface area contributed by atoms with Crippen molar-refractivity contribution in [2.24, 2.45) is 5.92 Å². The Bertz CT molecular complexity index is 1010. The van der Waals surface area contributed by atoms with Crippen molar-refractivity contribution in [3.05, 3.63) is 76.3 Å². The Morgan fingerprint density at radius 3 is 2.64 bits per heavy atom. The Labute approximate surface area is 168 Å². The molecule has 2 N–H and O–H groups in total. The average molecular weight is 391 g/mol. The number of hydrogen-bond acceptors (Lipinski definition) is 4. The lowest BCUT2D eigenvalue weighted by atomic mass is 9.87. The first-order valence-electron chi connectivity index (χ1n) is 9.47. The number of halogens is 1. The number of carbonyl (C=O) groups is 1. The van der Waals surface area contributed by atoms with Crippen LogP contribution in [0.4, 0.5) is 0 Å². The van der Waals surface area contributed by atoms with E-state index in [9.17, 15) is 10.1 Å². The molecule has 2 aliphatic heterocycles. The van der Waals surface area contributed by atoms with Crippen molar-refractivity contribution in [3.8, 4) is 6.07 Å². The summed E-state index contributed by atoms with van der Waals surface area (Å²) >= 11 is 6.09. The molecule has 3 aliphatic rings. The number of benzene rings is 2. The first kappa shape index (κ1) is 17.3. The van der Waals surface area contributed by atoms with Crippen molar-refractivity contribution in [2.75, 3.05) is 0 Å². The van der Waals surface area contributed by atoms with Gasteiger partial charge in [-0.25, -0.2) is 5.43 Å². The summed E-state index contributed by atoms with van der Waals surface area (Å²) in [5, 5.41) is 15.2. The summed E-state index contributed by atoms with van der Waals surface area (Å²) in [6, 6.07) is 17.6. The molecule has 0 radical (unpaired) electrons. The monoisotopic (exact) mass is 390 g/mol. The zero-order valence-corrected chi connectivity index (χ0v) is 15.9. The molecule has 5 rings (SSSR count). The molecule has 3 atom stereocenters. The van der Waals surface area contributed by atoms with E-state index < -0.39 is 0 Å². The first-order chi connectivity index (χ1) is 13.6. The summed E-state index contributed by atoms with van der Waals surface area (Å²) in [5.41, 5.74) is 6.78. The molecule has 28 heavy (non-hydrogen) atoms. The average Bonchev–Trinajstić information content (AvgIpc) is 3.49. The van der Waals surface area contributed by atoms with Gasteiger partial charge in [0, 0.05) is 28.8 Å².